The highest BCUT2D eigenvalue weighted by molar-refractivity contribution is 5.22. The normalized spacial score (nSPS) is 9.88. The van der Waals surface area contributed by atoms with E-state index in [1.807, 2.05) is 6.07 Å². The van der Waals surface area contributed by atoms with Crippen molar-refractivity contribution in [3.05, 3.63) is 42.2 Å². The molecule has 6 heteroatoms. The van der Waals surface area contributed by atoms with Gasteiger partial charge in [-0.15, -0.1) is 5.10 Å². The van der Waals surface area contributed by atoms with Crippen molar-refractivity contribution in [2.24, 2.45) is 0 Å². The van der Waals surface area contributed by atoms with Gasteiger partial charge in [-0.3, -0.25) is 0 Å². The van der Waals surface area contributed by atoms with Crippen molar-refractivity contribution in [1.29, 1.82) is 5.26 Å². The van der Waals surface area contributed by atoms with Gasteiger partial charge in [0.25, 0.3) is 5.82 Å². The summed E-state index contributed by atoms with van der Waals surface area (Å²) in [6, 6.07) is 7.74. The minimum atomic E-state index is -0.338. The van der Waals surface area contributed by atoms with Gasteiger partial charge >= 0.3 is 0 Å². The molecule has 0 aliphatic heterocycles. The minimum Gasteiger partial charge on any atom is -0.492 e. The Morgan fingerprint density at radius 1 is 1.47 bits per heavy atom. The maximum atomic E-state index is 12.8. The van der Waals surface area contributed by atoms with Gasteiger partial charge in [0, 0.05) is 6.07 Å². The van der Waals surface area contributed by atoms with Gasteiger partial charge in [0.1, 0.15) is 30.6 Å². The van der Waals surface area contributed by atoms with E-state index in [1.165, 1.54) is 23.1 Å². The number of ether oxygens (including phenoxy) is 1. The first-order valence-corrected chi connectivity index (χ1v) is 4.96. The molecule has 0 N–H and O–H groups in total. The van der Waals surface area contributed by atoms with Gasteiger partial charge in [-0.2, -0.15) is 5.26 Å². The van der Waals surface area contributed by atoms with Crippen LogP contribution in [-0.2, 0) is 6.54 Å². The number of halogens is 1. The second kappa shape index (κ2) is 5.07. The highest BCUT2D eigenvalue weighted by Crippen LogP contribution is 2.11. The van der Waals surface area contributed by atoms with Gasteiger partial charge in [-0.1, -0.05) is 6.07 Å². The van der Waals surface area contributed by atoms with Crippen LogP contribution in [0.2, 0.25) is 0 Å². The Hall–Kier alpha value is -2.42. The summed E-state index contributed by atoms with van der Waals surface area (Å²) in [4.78, 5) is 3.75. The summed E-state index contributed by atoms with van der Waals surface area (Å²) in [5.74, 6) is 0.247. The number of nitriles is 1. The van der Waals surface area contributed by atoms with Crippen molar-refractivity contribution >= 4 is 0 Å². The molecular weight excluding hydrogens is 223 g/mol. The monoisotopic (exact) mass is 232 g/mol. The fraction of sp³-hybridized carbons (Fsp3) is 0.182. The summed E-state index contributed by atoms with van der Waals surface area (Å²) >= 11 is 0. The van der Waals surface area contributed by atoms with E-state index in [4.69, 9.17) is 10.00 Å². The molecule has 86 valence electrons. The van der Waals surface area contributed by atoms with Crippen molar-refractivity contribution in [1.82, 2.24) is 14.8 Å². The zero-order chi connectivity index (χ0) is 12.1. The Kier molecular flexibility index (Phi) is 3.31. The van der Waals surface area contributed by atoms with Gasteiger partial charge in [0.05, 0.1) is 6.54 Å². The molecule has 1 heterocycles. The summed E-state index contributed by atoms with van der Waals surface area (Å²) in [5, 5.41) is 12.4. The second-order valence-electron chi connectivity index (χ2n) is 3.25. The van der Waals surface area contributed by atoms with Crippen LogP contribution in [0.3, 0.4) is 0 Å². The minimum absolute atomic E-state index is 0.121. The topological polar surface area (TPSA) is 63.7 Å². The average Bonchev–Trinajstić information content (AvgIpc) is 2.77. The summed E-state index contributed by atoms with van der Waals surface area (Å²) in [5.41, 5.74) is 0. The van der Waals surface area contributed by atoms with E-state index in [2.05, 4.69) is 10.1 Å². The molecule has 0 aliphatic carbocycles. The van der Waals surface area contributed by atoms with E-state index in [0.29, 0.717) is 18.9 Å². The fourth-order valence-corrected chi connectivity index (χ4v) is 1.27. The number of hydrogen-bond acceptors (Lipinski definition) is 4. The Morgan fingerprint density at radius 3 is 3.06 bits per heavy atom. The molecule has 0 amide bonds. The van der Waals surface area contributed by atoms with Crippen LogP contribution in [0, 0.1) is 17.1 Å². The quantitative estimate of drug-likeness (QED) is 0.798. The van der Waals surface area contributed by atoms with Crippen LogP contribution >= 0.6 is 0 Å². The third-order valence-corrected chi connectivity index (χ3v) is 2.02. The van der Waals surface area contributed by atoms with Gasteiger partial charge < -0.3 is 4.74 Å². The third-order valence-electron chi connectivity index (χ3n) is 2.02. The standard InChI is InChI=1S/C11H9FN4O/c12-9-2-1-3-10(6-9)17-5-4-16-8-14-11(7-13)15-16/h1-3,6,8H,4-5H2. The largest absolute Gasteiger partial charge is 0.492 e. The zero-order valence-corrected chi connectivity index (χ0v) is 8.88. The Morgan fingerprint density at radius 2 is 2.35 bits per heavy atom. The smallest absolute Gasteiger partial charge is 0.252 e. The molecule has 0 fully saturated rings. The molecule has 1 aromatic heterocycles. The van der Waals surface area contributed by atoms with Crippen LogP contribution in [0.25, 0.3) is 0 Å². The first-order chi connectivity index (χ1) is 8.28. The second-order valence-corrected chi connectivity index (χ2v) is 3.25. The maximum Gasteiger partial charge on any atom is 0.252 e. The van der Waals surface area contributed by atoms with Crippen LogP contribution in [0.5, 0.6) is 5.75 Å². The van der Waals surface area contributed by atoms with E-state index < -0.39 is 0 Å². The predicted octanol–water partition coefficient (Wildman–Crippen LogP) is 1.37. The van der Waals surface area contributed by atoms with Crippen LogP contribution in [0.15, 0.2) is 30.6 Å². The molecule has 5 nitrogen and oxygen atoms in total. The molecule has 0 atom stereocenters. The van der Waals surface area contributed by atoms with Crippen LogP contribution < -0.4 is 4.74 Å². The summed E-state index contributed by atoms with van der Waals surface area (Å²) in [6.07, 6.45) is 1.45. The van der Waals surface area contributed by atoms with Gasteiger partial charge in [-0.05, 0) is 12.1 Å². The van der Waals surface area contributed by atoms with Crippen molar-refractivity contribution < 1.29 is 9.13 Å². The van der Waals surface area contributed by atoms with Gasteiger partial charge in [-0.25, -0.2) is 14.1 Å². The van der Waals surface area contributed by atoms with Crippen molar-refractivity contribution in [3.63, 3.8) is 0 Å². The molecule has 0 radical (unpaired) electrons. The van der Waals surface area contributed by atoms with E-state index in [0.717, 1.165) is 0 Å². The van der Waals surface area contributed by atoms with Gasteiger partial charge in [0.2, 0.25) is 0 Å². The lowest BCUT2D eigenvalue weighted by Gasteiger charge is -2.05. The molecule has 0 saturated heterocycles. The molecule has 0 unspecified atom stereocenters. The highest BCUT2D eigenvalue weighted by Gasteiger charge is 1.99. The van der Waals surface area contributed by atoms with Crippen molar-refractivity contribution in [2.75, 3.05) is 6.61 Å². The van der Waals surface area contributed by atoms with Crippen LogP contribution in [0.4, 0.5) is 4.39 Å². The molecule has 17 heavy (non-hydrogen) atoms. The molecule has 2 rings (SSSR count). The highest BCUT2D eigenvalue weighted by atomic mass is 19.1. The van der Waals surface area contributed by atoms with Crippen LogP contribution in [-0.4, -0.2) is 21.4 Å². The van der Waals surface area contributed by atoms with Gasteiger partial charge in [0.15, 0.2) is 0 Å². The Bertz CT molecular complexity index is 546. The van der Waals surface area contributed by atoms with Crippen molar-refractivity contribution in [3.8, 4) is 11.8 Å². The molecule has 1 aromatic carbocycles. The summed E-state index contributed by atoms with van der Waals surface area (Å²) in [7, 11) is 0. The number of hydrogen-bond donors (Lipinski definition) is 0. The van der Waals surface area contributed by atoms with Crippen LogP contribution in [0.1, 0.15) is 5.82 Å². The van der Waals surface area contributed by atoms with E-state index in [-0.39, 0.29) is 11.6 Å². The number of benzene rings is 1. The molecule has 0 bridgehead atoms. The lowest BCUT2D eigenvalue weighted by Crippen LogP contribution is -2.08. The number of aromatic nitrogens is 3. The summed E-state index contributed by atoms with van der Waals surface area (Å²) < 4.78 is 19.6. The average molecular weight is 232 g/mol. The summed E-state index contributed by atoms with van der Waals surface area (Å²) in [6.45, 7) is 0.781. The molecule has 2 aromatic rings. The first kappa shape index (κ1) is 11.1. The third kappa shape index (κ3) is 3.01. The molecule has 0 spiro atoms. The fourth-order valence-electron chi connectivity index (χ4n) is 1.27. The lowest BCUT2D eigenvalue weighted by atomic mass is 10.3. The Labute approximate surface area is 97.1 Å². The van der Waals surface area contributed by atoms with E-state index in [1.54, 1.807) is 12.1 Å². The lowest BCUT2D eigenvalue weighted by molar-refractivity contribution is 0.290. The Balaban J connectivity index is 1.85. The predicted molar refractivity (Wildman–Crippen MR) is 56.6 cm³/mol. The number of rotatable bonds is 4. The maximum absolute atomic E-state index is 12.8. The SMILES string of the molecule is N#Cc1ncn(CCOc2cccc(F)c2)n1. The first-order valence-electron chi connectivity index (χ1n) is 4.96. The number of nitrogens with zero attached hydrogens (tertiary/aromatic N) is 4. The van der Waals surface area contributed by atoms with Crippen molar-refractivity contribution in [2.45, 2.75) is 6.54 Å². The molecule has 0 saturated carbocycles. The zero-order valence-electron chi connectivity index (χ0n) is 8.88. The molecule has 0 aliphatic rings. The van der Waals surface area contributed by atoms with E-state index >= 15 is 0 Å². The molecular formula is C11H9FN4O. The van der Waals surface area contributed by atoms with E-state index in [9.17, 15) is 4.39 Å².